The third-order valence-corrected chi connectivity index (χ3v) is 1.52. The first-order valence-electron chi connectivity index (χ1n) is 3.84. The van der Waals surface area contributed by atoms with E-state index in [0.717, 1.165) is 5.76 Å². The number of hydrogen-bond donors (Lipinski definition) is 0. The van der Waals surface area contributed by atoms with Crippen molar-refractivity contribution in [2.24, 2.45) is 0 Å². The second-order valence-electron chi connectivity index (χ2n) is 2.37. The highest BCUT2D eigenvalue weighted by Gasteiger charge is 2.05. The normalized spacial score (nSPS) is 21.7. The lowest BCUT2D eigenvalue weighted by molar-refractivity contribution is 0.0134. The van der Waals surface area contributed by atoms with Gasteiger partial charge in [0.1, 0.15) is 19.0 Å². The summed E-state index contributed by atoms with van der Waals surface area (Å²) < 4.78 is 10.4. The molecule has 0 saturated carbocycles. The van der Waals surface area contributed by atoms with E-state index in [0.29, 0.717) is 25.4 Å². The SMILES string of the molecule is CC=C(C#N)C=C1COCCO1. The van der Waals surface area contributed by atoms with Crippen LogP contribution in [0.15, 0.2) is 23.5 Å². The Morgan fingerprint density at radius 3 is 2.92 bits per heavy atom. The molecule has 0 unspecified atom stereocenters. The molecule has 64 valence electrons. The van der Waals surface area contributed by atoms with Crippen molar-refractivity contribution in [2.45, 2.75) is 6.92 Å². The molecule has 0 aromatic rings. The molecule has 1 fully saturated rings. The zero-order valence-corrected chi connectivity index (χ0v) is 7.04. The highest BCUT2D eigenvalue weighted by Crippen LogP contribution is 2.08. The molecule has 1 heterocycles. The maximum atomic E-state index is 8.60. The van der Waals surface area contributed by atoms with E-state index in [9.17, 15) is 0 Å². The van der Waals surface area contributed by atoms with Gasteiger partial charge in [-0.3, -0.25) is 0 Å². The fourth-order valence-corrected chi connectivity index (χ4v) is 0.883. The Morgan fingerprint density at radius 2 is 2.42 bits per heavy atom. The first-order chi connectivity index (χ1) is 5.86. The van der Waals surface area contributed by atoms with Crippen LogP contribution in [0.1, 0.15) is 6.92 Å². The summed E-state index contributed by atoms with van der Waals surface area (Å²) in [6.07, 6.45) is 3.45. The Labute approximate surface area is 71.9 Å². The molecule has 12 heavy (non-hydrogen) atoms. The van der Waals surface area contributed by atoms with Crippen molar-refractivity contribution < 1.29 is 9.47 Å². The molecular formula is C9H11NO2. The van der Waals surface area contributed by atoms with Crippen LogP contribution in [-0.4, -0.2) is 19.8 Å². The number of nitrogens with zero attached hydrogens (tertiary/aromatic N) is 1. The van der Waals surface area contributed by atoms with E-state index in [2.05, 4.69) is 0 Å². The molecule has 1 aliphatic rings. The van der Waals surface area contributed by atoms with Crippen LogP contribution in [0.25, 0.3) is 0 Å². The number of ether oxygens (including phenoxy) is 2. The maximum absolute atomic E-state index is 8.60. The summed E-state index contributed by atoms with van der Waals surface area (Å²) in [5.41, 5.74) is 0.607. The predicted octanol–water partition coefficient (Wildman–Crippen LogP) is 1.39. The zero-order valence-electron chi connectivity index (χ0n) is 7.04. The average Bonchev–Trinajstić information content (AvgIpc) is 2.16. The lowest BCUT2D eigenvalue weighted by Crippen LogP contribution is -2.15. The monoisotopic (exact) mass is 165 g/mol. The molecule has 0 atom stereocenters. The van der Waals surface area contributed by atoms with Gasteiger partial charge < -0.3 is 9.47 Å². The van der Waals surface area contributed by atoms with Crippen molar-refractivity contribution in [1.82, 2.24) is 0 Å². The summed E-state index contributed by atoms with van der Waals surface area (Å²) in [5.74, 6) is 0.732. The molecule has 3 nitrogen and oxygen atoms in total. The summed E-state index contributed by atoms with van der Waals surface area (Å²) >= 11 is 0. The Hall–Kier alpha value is -1.27. The Balaban J connectivity index is 2.61. The number of rotatable bonds is 1. The third kappa shape index (κ3) is 2.40. The van der Waals surface area contributed by atoms with Crippen LogP contribution in [0.4, 0.5) is 0 Å². The predicted molar refractivity (Wildman–Crippen MR) is 44.2 cm³/mol. The first kappa shape index (κ1) is 8.82. The average molecular weight is 165 g/mol. The third-order valence-electron chi connectivity index (χ3n) is 1.52. The van der Waals surface area contributed by atoms with E-state index >= 15 is 0 Å². The van der Waals surface area contributed by atoms with E-state index in [-0.39, 0.29) is 0 Å². The molecule has 1 aliphatic heterocycles. The van der Waals surface area contributed by atoms with Crippen LogP contribution < -0.4 is 0 Å². The van der Waals surface area contributed by atoms with Gasteiger partial charge in [0.25, 0.3) is 0 Å². The quantitative estimate of drug-likeness (QED) is 0.551. The van der Waals surface area contributed by atoms with Gasteiger partial charge in [0.15, 0.2) is 0 Å². The molecule has 0 spiro atoms. The van der Waals surface area contributed by atoms with Gasteiger partial charge in [-0.05, 0) is 13.0 Å². The van der Waals surface area contributed by atoms with Crippen molar-refractivity contribution in [3.05, 3.63) is 23.5 Å². The maximum Gasteiger partial charge on any atom is 0.123 e. The van der Waals surface area contributed by atoms with Gasteiger partial charge in [0, 0.05) is 0 Å². The van der Waals surface area contributed by atoms with Crippen molar-refractivity contribution in [1.29, 1.82) is 5.26 Å². The molecule has 0 aromatic carbocycles. The van der Waals surface area contributed by atoms with Crippen LogP contribution in [0.2, 0.25) is 0 Å². The Morgan fingerprint density at radius 1 is 1.58 bits per heavy atom. The minimum atomic E-state index is 0.471. The highest BCUT2D eigenvalue weighted by atomic mass is 16.6. The van der Waals surface area contributed by atoms with E-state index < -0.39 is 0 Å². The molecule has 0 aromatic heterocycles. The van der Waals surface area contributed by atoms with Crippen LogP contribution in [0, 0.1) is 11.3 Å². The standard InChI is InChI=1S/C9H11NO2/c1-2-8(6-10)5-9-7-11-3-4-12-9/h2,5H,3-4,7H2,1H3. The fourth-order valence-electron chi connectivity index (χ4n) is 0.883. The van der Waals surface area contributed by atoms with E-state index in [1.807, 2.05) is 13.0 Å². The molecule has 3 heteroatoms. The summed E-state index contributed by atoms with van der Waals surface area (Å²) in [6.45, 7) is 3.50. The van der Waals surface area contributed by atoms with Crippen LogP contribution >= 0.6 is 0 Å². The van der Waals surface area contributed by atoms with Crippen molar-refractivity contribution in [3.8, 4) is 6.07 Å². The lowest BCUT2D eigenvalue weighted by Gasteiger charge is -2.16. The largest absolute Gasteiger partial charge is 0.493 e. The van der Waals surface area contributed by atoms with Crippen molar-refractivity contribution in [2.75, 3.05) is 19.8 Å². The minimum absolute atomic E-state index is 0.471. The van der Waals surface area contributed by atoms with Crippen molar-refractivity contribution >= 4 is 0 Å². The van der Waals surface area contributed by atoms with E-state index in [4.69, 9.17) is 14.7 Å². The van der Waals surface area contributed by atoms with Crippen molar-refractivity contribution in [3.63, 3.8) is 0 Å². The van der Waals surface area contributed by atoms with Gasteiger partial charge in [-0.2, -0.15) is 5.26 Å². The van der Waals surface area contributed by atoms with E-state index in [1.54, 1.807) is 12.2 Å². The van der Waals surface area contributed by atoms with Crippen LogP contribution in [0.3, 0.4) is 0 Å². The van der Waals surface area contributed by atoms with Gasteiger partial charge in [0.05, 0.1) is 18.2 Å². The molecule has 0 amide bonds. The Bertz CT molecular complexity index is 240. The molecule has 0 radical (unpaired) electrons. The lowest BCUT2D eigenvalue weighted by atomic mass is 10.2. The molecular weight excluding hydrogens is 154 g/mol. The molecule has 1 rings (SSSR count). The van der Waals surface area contributed by atoms with Gasteiger partial charge in [0.2, 0.25) is 0 Å². The van der Waals surface area contributed by atoms with Gasteiger partial charge in [-0.1, -0.05) is 6.08 Å². The van der Waals surface area contributed by atoms with Gasteiger partial charge >= 0.3 is 0 Å². The second kappa shape index (κ2) is 4.58. The minimum Gasteiger partial charge on any atom is -0.493 e. The zero-order chi connectivity index (χ0) is 8.81. The summed E-state index contributed by atoms with van der Waals surface area (Å²) in [5, 5.41) is 8.60. The van der Waals surface area contributed by atoms with E-state index in [1.165, 1.54) is 0 Å². The number of nitriles is 1. The van der Waals surface area contributed by atoms with Crippen LogP contribution in [-0.2, 0) is 9.47 Å². The van der Waals surface area contributed by atoms with Gasteiger partial charge in [-0.15, -0.1) is 0 Å². The number of allylic oxidation sites excluding steroid dienone is 3. The van der Waals surface area contributed by atoms with Gasteiger partial charge in [-0.25, -0.2) is 0 Å². The summed E-state index contributed by atoms with van der Waals surface area (Å²) in [6, 6.07) is 2.05. The van der Waals surface area contributed by atoms with Crippen LogP contribution in [0.5, 0.6) is 0 Å². The molecule has 1 saturated heterocycles. The fraction of sp³-hybridized carbons (Fsp3) is 0.444. The molecule has 0 aliphatic carbocycles. The highest BCUT2D eigenvalue weighted by molar-refractivity contribution is 5.33. The molecule has 0 bridgehead atoms. The Kier molecular flexibility index (Phi) is 3.36. The smallest absolute Gasteiger partial charge is 0.123 e. The number of hydrogen-bond acceptors (Lipinski definition) is 3. The molecule has 0 N–H and O–H groups in total. The second-order valence-corrected chi connectivity index (χ2v) is 2.37. The summed E-state index contributed by atoms with van der Waals surface area (Å²) in [7, 11) is 0. The first-order valence-corrected chi connectivity index (χ1v) is 3.84. The summed E-state index contributed by atoms with van der Waals surface area (Å²) in [4.78, 5) is 0. The topological polar surface area (TPSA) is 42.2 Å².